The van der Waals surface area contributed by atoms with Gasteiger partial charge in [0.15, 0.2) is 0 Å². The fourth-order valence-electron chi connectivity index (χ4n) is 8.84. The van der Waals surface area contributed by atoms with E-state index in [1.807, 2.05) is 11.3 Å². The quantitative estimate of drug-likeness (QED) is 0.184. The van der Waals surface area contributed by atoms with Crippen molar-refractivity contribution >= 4 is 81.3 Å². The molecule has 2 aromatic heterocycles. The summed E-state index contributed by atoms with van der Waals surface area (Å²) in [5, 5.41) is 7.14. The van der Waals surface area contributed by atoms with Crippen LogP contribution >= 0.6 is 11.3 Å². The molecular weight excluding hydrogens is 651 g/mol. The minimum absolute atomic E-state index is 0.0766. The molecule has 10 aromatic rings. The van der Waals surface area contributed by atoms with Crippen LogP contribution in [-0.2, 0) is 5.41 Å². The molecule has 0 saturated heterocycles. The number of hydrogen-bond donors (Lipinski definition) is 0. The first-order valence-corrected chi connectivity index (χ1v) is 18.7. The Kier molecular flexibility index (Phi) is 6.21. The van der Waals surface area contributed by atoms with Gasteiger partial charge < -0.3 is 9.32 Å². The molecule has 0 amide bonds. The lowest BCUT2D eigenvalue weighted by Gasteiger charge is -2.27. The van der Waals surface area contributed by atoms with Gasteiger partial charge in [0.25, 0.3) is 0 Å². The highest BCUT2D eigenvalue weighted by atomic mass is 32.1. The van der Waals surface area contributed by atoms with E-state index in [1.165, 1.54) is 64.3 Å². The van der Waals surface area contributed by atoms with Gasteiger partial charge in [0, 0.05) is 43.0 Å². The number of benzene rings is 8. The lowest BCUT2D eigenvalue weighted by atomic mass is 9.79. The van der Waals surface area contributed by atoms with Crippen LogP contribution < -0.4 is 4.90 Å². The standard InChI is InChI=1S/C49H33NOS/c1-49(2)41-20-9-8-16-36(41)37-18-10-17-35(46(37)49)30-22-24-34(25-23-30)50(33-14-4-3-5-15-33)42-21-11-19-39-45-44(52-48(39)42)27-26-38-40-28-31-12-6-7-13-32(31)29-43(40)51-47(38)45/h3-29H,1-2H3. The zero-order valence-corrected chi connectivity index (χ0v) is 29.7. The first-order chi connectivity index (χ1) is 25.5. The van der Waals surface area contributed by atoms with E-state index in [1.54, 1.807) is 0 Å². The zero-order valence-electron chi connectivity index (χ0n) is 28.9. The highest BCUT2D eigenvalue weighted by Crippen LogP contribution is 2.53. The van der Waals surface area contributed by atoms with Crippen molar-refractivity contribution in [3.8, 4) is 22.3 Å². The van der Waals surface area contributed by atoms with Crippen LogP contribution in [0.25, 0.3) is 75.1 Å². The zero-order chi connectivity index (χ0) is 34.6. The van der Waals surface area contributed by atoms with Gasteiger partial charge in [0.05, 0.1) is 10.4 Å². The van der Waals surface area contributed by atoms with Gasteiger partial charge in [-0.1, -0.05) is 123 Å². The number of rotatable bonds is 4. The molecule has 0 N–H and O–H groups in total. The van der Waals surface area contributed by atoms with Crippen LogP contribution in [0.4, 0.5) is 17.1 Å². The van der Waals surface area contributed by atoms with E-state index < -0.39 is 0 Å². The van der Waals surface area contributed by atoms with E-state index in [9.17, 15) is 0 Å². The van der Waals surface area contributed by atoms with Crippen molar-refractivity contribution in [2.45, 2.75) is 19.3 Å². The third kappa shape index (κ3) is 4.17. The molecule has 0 atom stereocenters. The Balaban J connectivity index is 1.08. The first-order valence-electron chi connectivity index (χ1n) is 17.9. The van der Waals surface area contributed by atoms with Crippen LogP contribution in [0.1, 0.15) is 25.0 Å². The highest BCUT2D eigenvalue weighted by molar-refractivity contribution is 7.26. The molecule has 1 aliphatic rings. The number of nitrogens with zero attached hydrogens (tertiary/aromatic N) is 1. The van der Waals surface area contributed by atoms with Crippen LogP contribution in [0.15, 0.2) is 168 Å². The second kappa shape index (κ2) is 10.9. The Morgan fingerprint density at radius 3 is 2.08 bits per heavy atom. The van der Waals surface area contributed by atoms with Crippen molar-refractivity contribution in [2.24, 2.45) is 0 Å². The van der Waals surface area contributed by atoms with Crippen LogP contribution in [0.5, 0.6) is 0 Å². The Morgan fingerprint density at radius 1 is 0.538 bits per heavy atom. The normalized spacial score (nSPS) is 13.3. The van der Waals surface area contributed by atoms with Crippen LogP contribution in [0.2, 0.25) is 0 Å². The maximum Gasteiger partial charge on any atom is 0.144 e. The van der Waals surface area contributed by atoms with E-state index in [0.29, 0.717) is 0 Å². The lowest BCUT2D eigenvalue weighted by molar-refractivity contribution is 0.662. The first kappa shape index (κ1) is 29.6. The molecular formula is C49H33NOS. The third-order valence-corrected chi connectivity index (χ3v) is 12.4. The molecule has 0 saturated carbocycles. The summed E-state index contributed by atoms with van der Waals surface area (Å²) in [6.45, 7) is 4.72. The van der Waals surface area contributed by atoms with E-state index in [0.717, 1.165) is 39.0 Å². The molecule has 8 aromatic carbocycles. The molecule has 246 valence electrons. The predicted octanol–water partition coefficient (Wildman–Crippen LogP) is 14.6. The van der Waals surface area contributed by atoms with Crippen LogP contribution in [0, 0.1) is 0 Å². The van der Waals surface area contributed by atoms with Gasteiger partial charge in [-0.2, -0.15) is 0 Å². The summed E-state index contributed by atoms with van der Waals surface area (Å²) in [6.07, 6.45) is 0. The third-order valence-electron chi connectivity index (χ3n) is 11.2. The molecule has 2 heterocycles. The molecule has 0 fully saturated rings. The minimum atomic E-state index is -0.0766. The summed E-state index contributed by atoms with van der Waals surface area (Å²) >= 11 is 1.84. The summed E-state index contributed by atoms with van der Waals surface area (Å²) in [5.41, 5.74) is 13.2. The van der Waals surface area contributed by atoms with Gasteiger partial charge in [-0.15, -0.1) is 11.3 Å². The fraction of sp³-hybridized carbons (Fsp3) is 0.0612. The smallest absolute Gasteiger partial charge is 0.144 e. The van der Waals surface area contributed by atoms with Crippen molar-refractivity contribution < 1.29 is 4.42 Å². The maximum absolute atomic E-state index is 6.73. The van der Waals surface area contributed by atoms with Crippen LogP contribution in [0.3, 0.4) is 0 Å². The van der Waals surface area contributed by atoms with Gasteiger partial charge in [-0.3, -0.25) is 0 Å². The minimum Gasteiger partial charge on any atom is -0.455 e. The molecule has 0 radical (unpaired) electrons. The van der Waals surface area contributed by atoms with Gasteiger partial charge in [-0.05, 0) is 98.8 Å². The molecule has 0 spiro atoms. The Morgan fingerprint density at radius 2 is 1.23 bits per heavy atom. The lowest BCUT2D eigenvalue weighted by Crippen LogP contribution is -2.16. The predicted molar refractivity (Wildman–Crippen MR) is 222 cm³/mol. The van der Waals surface area contributed by atoms with Crippen molar-refractivity contribution in [2.75, 3.05) is 4.90 Å². The average Bonchev–Trinajstić information content (AvgIpc) is 3.82. The van der Waals surface area contributed by atoms with E-state index >= 15 is 0 Å². The molecule has 11 rings (SSSR count). The molecule has 52 heavy (non-hydrogen) atoms. The summed E-state index contributed by atoms with van der Waals surface area (Å²) in [4.78, 5) is 2.40. The van der Waals surface area contributed by atoms with Crippen molar-refractivity contribution in [1.29, 1.82) is 0 Å². The van der Waals surface area contributed by atoms with Crippen molar-refractivity contribution in [3.63, 3.8) is 0 Å². The molecule has 0 unspecified atom stereocenters. The van der Waals surface area contributed by atoms with E-state index in [2.05, 4.69) is 183 Å². The largest absolute Gasteiger partial charge is 0.455 e. The molecule has 1 aliphatic carbocycles. The monoisotopic (exact) mass is 683 g/mol. The number of para-hydroxylation sites is 1. The summed E-state index contributed by atoms with van der Waals surface area (Å²) in [5.74, 6) is 0. The SMILES string of the molecule is CC1(C)c2ccccc2-c2cccc(-c3ccc(N(c4ccccc4)c4cccc5c4sc4ccc6c7cc8ccccc8cc7oc6c45)cc3)c21. The van der Waals surface area contributed by atoms with E-state index in [4.69, 9.17) is 4.42 Å². The number of hydrogen-bond acceptors (Lipinski definition) is 3. The summed E-state index contributed by atoms with van der Waals surface area (Å²) in [6, 6.07) is 59.7. The number of anilines is 3. The van der Waals surface area contributed by atoms with Gasteiger partial charge in [-0.25, -0.2) is 0 Å². The van der Waals surface area contributed by atoms with Gasteiger partial charge in [0.2, 0.25) is 0 Å². The molecule has 0 aliphatic heterocycles. The number of furan rings is 1. The van der Waals surface area contributed by atoms with Gasteiger partial charge in [0.1, 0.15) is 11.2 Å². The Labute approximate surface area is 305 Å². The summed E-state index contributed by atoms with van der Waals surface area (Å²) < 4.78 is 9.19. The summed E-state index contributed by atoms with van der Waals surface area (Å²) in [7, 11) is 0. The molecule has 0 bridgehead atoms. The molecule has 2 nitrogen and oxygen atoms in total. The Hall–Kier alpha value is -6.16. The fourth-order valence-corrected chi connectivity index (χ4v) is 10.0. The van der Waals surface area contributed by atoms with Crippen LogP contribution in [-0.4, -0.2) is 0 Å². The topological polar surface area (TPSA) is 16.4 Å². The van der Waals surface area contributed by atoms with E-state index in [-0.39, 0.29) is 5.41 Å². The molecule has 3 heteroatoms. The van der Waals surface area contributed by atoms with Gasteiger partial charge >= 0.3 is 0 Å². The number of fused-ring (bicyclic) bond motifs is 11. The average molecular weight is 684 g/mol. The Bertz CT molecular complexity index is 3040. The maximum atomic E-state index is 6.73. The second-order valence-corrected chi connectivity index (χ2v) is 15.5. The van der Waals surface area contributed by atoms with Crippen molar-refractivity contribution in [3.05, 3.63) is 175 Å². The van der Waals surface area contributed by atoms with Crippen molar-refractivity contribution in [1.82, 2.24) is 0 Å². The number of thiophene rings is 1. The highest BCUT2D eigenvalue weighted by Gasteiger charge is 2.37. The second-order valence-electron chi connectivity index (χ2n) is 14.5.